The van der Waals surface area contributed by atoms with E-state index in [1.807, 2.05) is 0 Å². The highest BCUT2D eigenvalue weighted by Gasteiger charge is 2.14. The van der Waals surface area contributed by atoms with E-state index in [0.29, 0.717) is 58.2 Å². The molecule has 0 fully saturated rings. The van der Waals surface area contributed by atoms with Crippen LogP contribution in [0.4, 0.5) is 5.69 Å². The van der Waals surface area contributed by atoms with E-state index in [2.05, 4.69) is 4.98 Å². The minimum atomic E-state index is 0.362. The van der Waals surface area contributed by atoms with Gasteiger partial charge < -0.3 is 5.73 Å². The number of hydrogen-bond acceptors (Lipinski definition) is 2. The van der Waals surface area contributed by atoms with Crippen LogP contribution in [-0.4, -0.2) is 4.98 Å². The first kappa shape index (κ1) is 18.9. The molecule has 128 valence electrons. The second-order valence-electron chi connectivity index (χ2n) is 5.15. The van der Waals surface area contributed by atoms with Crippen LogP contribution in [0.25, 0.3) is 22.4 Å². The van der Waals surface area contributed by atoms with Gasteiger partial charge in [-0.1, -0.05) is 69.6 Å². The molecule has 0 spiro atoms. The molecule has 3 rings (SSSR count). The van der Waals surface area contributed by atoms with Gasteiger partial charge in [0.15, 0.2) is 0 Å². The lowest BCUT2D eigenvalue weighted by atomic mass is 10.0. The first-order valence-electron chi connectivity index (χ1n) is 6.83. The lowest BCUT2D eigenvalue weighted by Crippen LogP contribution is -1.95. The molecule has 25 heavy (non-hydrogen) atoms. The maximum atomic E-state index is 6.25. The molecule has 2 aromatic carbocycles. The van der Waals surface area contributed by atoms with Gasteiger partial charge in [-0.15, -0.1) is 0 Å². The Morgan fingerprint density at radius 3 is 1.60 bits per heavy atom. The van der Waals surface area contributed by atoms with E-state index in [9.17, 15) is 0 Å². The summed E-state index contributed by atoms with van der Waals surface area (Å²) in [4.78, 5) is 4.41. The summed E-state index contributed by atoms with van der Waals surface area (Å²) in [5.41, 5.74) is 9.08. The molecule has 0 radical (unpaired) electrons. The number of hydrogen-bond donors (Lipinski definition) is 1. The molecule has 0 bridgehead atoms. The van der Waals surface area contributed by atoms with Gasteiger partial charge in [-0.2, -0.15) is 0 Å². The van der Waals surface area contributed by atoms with Gasteiger partial charge in [0.2, 0.25) is 0 Å². The second-order valence-corrected chi connectivity index (χ2v) is 7.59. The number of benzene rings is 2. The van der Waals surface area contributed by atoms with Crippen molar-refractivity contribution in [1.82, 2.24) is 4.98 Å². The highest BCUT2D eigenvalue weighted by Crippen LogP contribution is 2.40. The zero-order valence-electron chi connectivity index (χ0n) is 12.3. The van der Waals surface area contributed by atoms with Gasteiger partial charge >= 0.3 is 0 Å². The van der Waals surface area contributed by atoms with Crippen LogP contribution in [0.1, 0.15) is 0 Å². The maximum Gasteiger partial charge on any atom is 0.0738 e. The largest absolute Gasteiger partial charge is 0.398 e. The summed E-state index contributed by atoms with van der Waals surface area (Å²) in [6.07, 6.45) is 1.59. The number of pyridine rings is 1. The van der Waals surface area contributed by atoms with Crippen LogP contribution in [0, 0.1) is 0 Å². The zero-order valence-corrected chi connectivity index (χ0v) is 16.8. The van der Waals surface area contributed by atoms with Crippen molar-refractivity contribution in [2.24, 2.45) is 0 Å². The van der Waals surface area contributed by atoms with E-state index >= 15 is 0 Å². The molecule has 0 saturated heterocycles. The van der Waals surface area contributed by atoms with Gasteiger partial charge in [0.25, 0.3) is 0 Å². The molecular weight excluding hydrogens is 445 g/mol. The van der Waals surface area contributed by atoms with Crippen LogP contribution in [0.15, 0.2) is 36.5 Å². The first-order valence-corrected chi connectivity index (χ1v) is 9.10. The number of anilines is 1. The fourth-order valence-electron chi connectivity index (χ4n) is 2.29. The monoisotopic (exact) mass is 450 g/mol. The molecular formula is C17H8Cl6N2. The summed E-state index contributed by atoms with van der Waals surface area (Å²) in [7, 11) is 0. The molecule has 0 unspecified atom stereocenters. The van der Waals surface area contributed by atoms with Gasteiger partial charge in [0.05, 0.1) is 35.8 Å². The smallest absolute Gasteiger partial charge is 0.0738 e. The number of rotatable bonds is 2. The van der Waals surface area contributed by atoms with Crippen molar-refractivity contribution in [3.63, 3.8) is 0 Å². The lowest BCUT2D eigenvalue weighted by molar-refractivity contribution is 1.33. The number of nitrogens with two attached hydrogens (primary N) is 1. The molecule has 2 N–H and O–H groups in total. The van der Waals surface area contributed by atoms with Gasteiger partial charge in [-0.25, -0.2) is 0 Å². The summed E-state index contributed by atoms with van der Waals surface area (Å²) in [5, 5.41) is 2.31. The molecule has 0 aliphatic rings. The van der Waals surface area contributed by atoms with Crippen molar-refractivity contribution in [3.05, 3.63) is 66.7 Å². The molecule has 0 atom stereocenters. The molecule has 0 saturated carbocycles. The topological polar surface area (TPSA) is 38.9 Å². The Bertz CT molecular complexity index is 987. The third kappa shape index (κ3) is 3.80. The van der Waals surface area contributed by atoms with Crippen LogP contribution in [0.2, 0.25) is 30.1 Å². The summed E-state index contributed by atoms with van der Waals surface area (Å²) < 4.78 is 0. The Morgan fingerprint density at radius 1 is 0.560 bits per heavy atom. The fourth-order valence-corrected chi connectivity index (χ4v) is 3.58. The van der Waals surface area contributed by atoms with E-state index in [1.165, 1.54) is 0 Å². The Balaban J connectivity index is 2.11. The average molecular weight is 453 g/mol. The highest BCUT2D eigenvalue weighted by atomic mass is 35.5. The van der Waals surface area contributed by atoms with Crippen molar-refractivity contribution in [3.8, 4) is 22.4 Å². The molecule has 0 aliphatic carbocycles. The van der Waals surface area contributed by atoms with E-state index in [0.717, 1.165) is 0 Å². The third-order valence-corrected chi connectivity index (χ3v) is 5.59. The first-order chi connectivity index (χ1) is 11.8. The predicted molar refractivity (Wildman–Crippen MR) is 110 cm³/mol. The molecule has 0 amide bonds. The minimum absolute atomic E-state index is 0.362. The number of aromatic nitrogens is 1. The number of nitrogen functional groups attached to an aromatic ring is 1. The predicted octanol–water partition coefficient (Wildman–Crippen LogP) is 7.92. The fraction of sp³-hybridized carbons (Fsp3) is 0. The van der Waals surface area contributed by atoms with Crippen molar-refractivity contribution in [1.29, 1.82) is 0 Å². The third-order valence-electron chi connectivity index (χ3n) is 3.52. The SMILES string of the molecule is Nc1cc(-c2cc(Cl)c(Cl)cc2Cl)ncc1-c1cc(Cl)c(Cl)cc1Cl. The van der Waals surface area contributed by atoms with Crippen LogP contribution in [0.3, 0.4) is 0 Å². The van der Waals surface area contributed by atoms with Crippen LogP contribution >= 0.6 is 69.6 Å². The van der Waals surface area contributed by atoms with Crippen LogP contribution in [-0.2, 0) is 0 Å². The van der Waals surface area contributed by atoms with Gasteiger partial charge in [-0.05, 0) is 30.3 Å². The van der Waals surface area contributed by atoms with Gasteiger partial charge in [0.1, 0.15) is 0 Å². The summed E-state index contributed by atoms with van der Waals surface area (Å²) in [6, 6.07) is 8.08. The zero-order chi connectivity index (χ0) is 18.3. The lowest BCUT2D eigenvalue weighted by Gasteiger charge is -2.12. The molecule has 1 aromatic heterocycles. The minimum Gasteiger partial charge on any atom is -0.398 e. The molecule has 3 aromatic rings. The van der Waals surface area contributed by atoms with E-state index < -0.39 is 0 Å². The molecule has 1 heterocycles. The molecule has 0 aliphatic heterocycles. The standard InChI is InChI=1S/C17H8Cl6N2/c18-10-3-14(22)12(20)1-7(10)9-6-25-17(5-16(9)24)8-2-13(21)15(23)4-11(8)19/h1-6H,(H2,24,25). The average Bonchev–Trinajstić information content (AvgIpc) is 2.55. The van der Waals surface area contributed by atoms with Crippen molar-refractivity contribution >= 4 is 75.3 Å². The molecule has 8 heteroatoms. The number of halogens is 6. The van der Waals surface area contributed by atoms with Gasteiger partial charge in [-0.3, -0.25) is 4.98 Å². The Kier molecular flexibility index (Phi) is 5.60. The second kappa shape index (κ2) is 7.40. The van der Waals surface area contributed by atoms with Crippen LogP contribution in [0.5, 0.6) is 0 Å². The van der Waals surface area contributed by atoms with E-state index in [1.54, 1.807) is 36.5 Å². The summed E-state index contributed by atoms with van der Waals surface area (Å²) >= 11 is 36.5. The van der Waals surface area contributed by atoms with Crippen LogP contribution < -0.4 is 5.73 Å². The van der Waals surface area contributed by atoms with E-state index in [-0.39, 0.29) is 0 Å². The summed E-state index contributed by atoms with van der Waals surface area (Å²) in [5.74, 6) is 0. The Morgan fingerprint density at radius 2 is 1.04 bits per heavy atom. The quantitative estimate of drug-likeness (QED) is 0.401. The summed E-state index contributed by atoms with van der Waals surface area (Å²) in [6.45, 7) is 0. The van der Waals surface area contributed by atoms with Crippen molar-refractivity contribution < 1.29 is 0 Å². The van der Waals surface area contributed by atoms with Crippen molar-refractivity contribution in [2.75, 3.05) is 5.73 Å². The maximum absolute atomic E-state index is 6.25. The Labute approximate surface area is 174 Å². The van der Waals surface area contributed by atoms with E-state index in [4.69, 9.17) is 75.3 Å². The number of nitrogens with zero attached hydrogens (tertiary/aromatic N) is 1. The van der Waals surface area contributed by atoms with Crippen molar-refractivity contribution in [2.45, 2.75) is 0 Å². The highest BCUT2D eigenvalue weighted by molar-refractivity contribution is 6.44. The Hall–Kier alpha value is -0.870. The van der Waals surface area contributed by atoms with Gasteiger partial charge in [0, 0.05) is 28.6 Å². The normalized spacial score (nSPS) is 11.0. The molecule has 2 nitrogen and oxygen atoms in total.